The van der Waals surface area contributed by atoms with E-state index in [1.165, 1.54) is 31.5 Å². The summed E-state index contributed by atoms with van der Waals surface area (Å²) < 4.78 is 0. The first-order valence-corrected chi connectivity index (χ1v) is 14.3. The molecule has 3 aromatic carbocycles. The minimum Gasteiger partial charge on any atom is -0.345 e. The molecule has 3 aromatic rings. The predicted molar refractivity (Wildman–Crippen MR) is 161 cm³/mol. The molecular formula is C34H39N3O3. The molecule has 1 unspecified atom stereocenters. The predicted octanol–water partition coefficient (Wildman–Crippen LogP) is 5.74. The molecule has 1 heterocycles. The van der Waals surface area contributed by atoms with Crippen LogP contribution in [0.2, 0.25) is 0 Å². The molecule has 0 bridgehead atoms. The molecule has 1 aliphatic rings. The lowest BCUT2D eigenvalue weighted by atomic mass is 10.0. The van der Waals surface area contributed by atoms with Crippen LogP contribution in [0.1, 0.15) is 76.4 Å². The maximum atomic E-state index is 13.3. The second-order valence-electron chi connectivity index (χ2n) is 10.3. The zero-order chi connectivity index (χ0) is 28.2. The van der Waals surface area contributed by atoms with Crippen LogP contribution in [0.4, 0.5) is 0 Å². The number of rotatable bonds is 13. The van der Waals surface area contributed by atoms with Gasteiger partial charge in [0.15, 0.2) is 5.78 Å². The van der Waals surface area contributed by atoms with Crippen LogP contribution in [0.25, 0.3) is 12.2 Å². The number of nitrogens with one attached hydrogen (secondary N) is 2. The molecule has 0 aromatic heterocycles. The Morgan fingerprint density at radius 3 is 2.27 bits per heavy atom. The van der Waals surface area contributed by atoms with E-state index in [1.807, 2.05) is 43.3 Å². The molecule has 0 saturated carbocycles. The average molecular weight is 538 g/mol. The molecule has 6 nitrogen and oxygen atoms in total. The van der Waals surface area contributed by atoms with Crippen LogP contribution in [-0.4, -0.2) is 48.2 Å². The van der Waals surface area contributed by atoms with E-state index in [1.54, 1.807) is 30.3 Å². The highest BCUT2D eigenvalue weighted by Gasteiger charge is 2.22. The molecule has 1 saturated heterocycles. The Bertz CT molecular complexity index is 1300. The number of hydrogen-bond acceptors (Lipinski definition) is 4. The monoisotopic (exact) mass is 537 g/mol. The van der Waals surface area contributed by atoms with E-state index < -0.39 is 6.04 Å². The lowest BCUT2D eigenvalue weighted by molar-refractivity contribution is -0.120. The van der Waals surface area contributed by atoms with Crippen LogP contribution in [0.15, 0.2) is 78.9 Å². The molecule has 1 aliphatic heterocycles. The van der Waals surface area contributed by atoms with Gasteiger partial charge in [-0.1, -0.05) is 92.6 Å². The molecule has 2 amide bonds. The van der Waals surface area contributed by atoms with Gasteiger partial charge < -0.3 is 10.6 Å². The number of unbranched alkanes of at least 4 members (excludes halogenated alkanes) is 1. The van der Waals surface area contributed by atoms with Crippen LogP contribution in [-0.2, 0) is 11.3 Å². The van der Waals surface area contributed by atoms with Crippen molar-refractivity contribution in [2.24, 2.45) is 0 Å². The summed E-state index contributed by atoms with van der Waals surface area (Å²) in [5, 5.41) is 5.62. The van der Waals surface area contributed by atoms with Crippen molar-refractivity contribution in [1.29, 1.82) is 0 Å². The van der Waals surface area contributed by atoms with E-state index in [4.69, 9.17) is 0 Å². The average Bonchev–Trinajstić information content (AvgIpc) is 3.51. The highest BCUT2D eigenvalue weighted by molar-refractivity contribution is 6.02. The maximum absolute atomic E-state index is 13.3. The lowest BCUT2D eigenvalue weighted by Gasteiger charge is -2.18. The standard InChI is InChI=1S/C34H39N3O3/c1-2-3-15-31(32(38)24-35-33(39)29-12-5-4-6-13-29)36-34(40)30-14-8-7-11-28(30)21-20-26-16-18-27(19-17-26)25-37-22-9-10-23-37/h4-8,11-14,16-21,31H,2-3,9-10,15,22-25H2,1H3,(H,35,39)(H,36,40). The van der Waals surface area contributed by atoms with Gasteiger partial charge in [0.2, 0.25) is 0 Å². The Balaban J connectivity index is 1.39. The van der Waals surface area contributed by atoms with Gasteiger partial charge in [0, 0.05) is 17.7 Å². The number of ketones is 1. The zero-order valence-electron chi connectivity index (χ0n) is 23.3. The summed E-state index contributed by atoms with van der Waals surface area (Å²) in [6, 6.07) is 24.0. The number of carbonyl (C=O) groups excluding carboxylic acids is 3. The SMILES string of the molecule is CCCCC(NC(=O)c1ccccc1C=Cc1ccc(CN2CCCC2)cc1)C(=O)CNC(=O)c1ccccc1. The normalized spacial score (nSPS) is 14.2. The lowest BCUT2D eigenvalue weighted by Crippen LogP contribution is -2.45. The Labute approximate surface area is 237 Å². The van der Waals surface area contributed by atoms with Gasteiger partial charge in [-0.25, -0.2) is 0 Å². The van der Waals surface area contributed by atoms with Crippen molar-refractivity contribution < 1.29 is 14.4 Å². The third kappa shape index (κ3) is 8.48. The van der Waals surface area contributed by atoms with Crippen LogP contribution in [0.3, 0.4) is 0 Å². The summed E-state index contributed by atoms with van der Waals surface area (Å²) in [5.41, 5.74) is 4.14. The quantitative estimate of drug-likeness (QED) is 0.273. The number of hydrogen-bond donors (Lipinski definition) is 2. The summed E-state index contributed by atoms with van der Waals surface area (Å²) in [5.74, 6) is -0.827. The van der Waals surface area contributed by atoms with Crippen molar-refractivity contribution in [3.63, 3.8) is 0 Å². The van der Waals surface area contributed by atoms with Gasteiger partial charge in [0.25, 0.3) is 11.8 Å². The second-order valence-corrected chi connectivity index (χ2v) is 10.3. The molecule has 1 fully saturated rings. The summed E-state index contributed by atoms with van der Waals surface area (Å²) in [4.78, 5) is 41.3. The van der Waals surface area contributed by atoms with Crippen molar-refractivity contribution >= 4 is 29.7 Å². The minimum absolute atomic E-state index is 0.141. The fraction of sp³-hybridized carbons (Fsp3) is 0.324. The fourth-order valence-electron chi connectivity index (χ4n) is 4.91. The van der Waals surface area contributed by atoms with E-state index in [9.17, 15) is 14.4 Å². The molecule has 4 rings (SSSR count). The molecule has 6 heteroatoms. The number of nitrogens with zero attached hydrogens (tertiary/aromatic N) is 1. The molecule has 0 aliphatic carbocycles. The van der Waals surface area contributed by atoms with Crippen LogP contribution in [0, 0.1) is 0 Å². The van der Waals surface area contributed by atoms with Gasteiger partial charge in [0.1, 0.15) is 0 Å². The van der Waals surface area contributed by atoms with Gasteiger partial charge >= 0.3 is 0 Å². The van der Waals surface area contributed by atoms with Crippen molar-refractivity contribution in [1.82, 2.24) is 15.5 Å². The molecule has 40 heavy (non-hydrogen) atoms. The van der Waals surface area contributed by atoms with Crippen molar-refractivity contribution in [2.45, 2.75) is 51.6 Å². The summed E-state index contributed by atoms with van der Waals surface area (Å²) in [6.45, 7) is 5.24. The first-order valence-electron chi connectivity index (χ1n) is 14.3. The summed E-state index contributed by atoms with van der Waals surface area (Å²) >= 11 is 0. The van der Waals surface area contributed by atoms with Gasteiger partial charge in [-0.2, -0.15) is 0 Å². The first kappa shape index (κ1) is 29.0. The second kappa shape index (κ2) is 14.9. The Morgan fingerprint density at radius 2 is 1.55 bits per heavy atom. The number of benzene rings is 3. The summed E-state index contributed by atoms with van der Waals surface area (Å²) in [6.07, 6.45) is 8.71. The topological polar surface area (TPSA) is 78.5 Å². The Morgan fingerprint density at radius 1 is 0.850 bits per heavy atom. The van der Waals surface area contributed by atoms with Crippen LogP contribution >= 0.6 is 0 Å². The largest absolute Gasteiger partial charge is 0.345 e. The Hall–Kier alpha value is -4.03. The van der Waals surface area contributed by atoms with Crippen LogP contribution < -0.4 is 10.6 Å². The highest BCUT2D eigenvalue weighted by atomic mass is 16.2. The number of carbonyl (C=O) groups is 3. The van der Waals surface area contributed by atoms with Gasteiger partial charge in [-0.3, -0.25) is 19.3 Å². The molecular weight excluding hydrogens is 498 g/mol. The number of likely N-dealkylation sites (tertiary alicyclic amines) is 1. The van der Waals surface area contributed by atoms with Gasteiger partial charge in [-0.15, -0.1) is 0 Å². The van der Waals surface area contributed by atoms with E-state index >= 15 is 0 Å². The van der Waals surface area contributed by atoms with Crippen molar-refractivity contribution in [3.05, 3.63) is 107 Å². The molecule has 208 valence electrons. The van der Waals surface area contributed by atoms with Crippen LogP contribution in [0.5, 0.6) is 0 Å². The maximum Gasteiger partial charge on any atom is 0.252 e. The van der Waals surface area contributed by atoms with E-state index in [2.05, 4.69) is 39.8 Å². The third-order valence-electron chi connectivity index (χ3n) is 7.24. The number of amides is 2. The molecule has 0 radical (unpaired) electrons. The summed E-state index contributed by atoms with van der Waals surface area (Å²) in [7, 11) is 0. The third-order valence-corrected chi connectivity index (χ3v) is 7.24. The smallest absolute Gasteiger partial charge is 0.252 e. The molecule has 0 spiro atoms. The van der Waals surface area contributed by atoms with E-state index in [-0.39, 0.29) is 24.1 Å². The Kier molecular flexibility index (Phi) is 10.8. The molecule has 1 atom stereocenters. The fourth-order valence-corrected chi connectivity index (χ4v) is 4.91. The van der Waals surface area contributed by atoms with E-state index in [0.717, 1.165) is 30.5 Å². The van der Waals surface area contributed by atoms with Crippen molar-refractivity contribution in [2.75, 3.05) is 19.6 Å². The molecule has 2 N–H and O–H groups in total. The van der Waals surface area contributed by atoms with E-state index in [0.29, 0.717) is 17.5 Å². The zero-order valence-corrected chi connectivity index (χ0v) is 23.3. The van der Waals surface area contributed by atoms with Crippen molar-refractivity contribution in [3.8, 4) is 0 Å². The van der Waals surface area contributed by atoms with Gasteiger partial charge in [0.05, 0.1) is 12.6 Å². The van der Waals surface area contributed by atoms with Gasteiger partial charge in [-0.05, 0) is 67.2 Å². The highest BCUT2D eigenvalue weighted by Crippen LogP contribution is 2.17. The minimum atomic E-state index is -0.677. The first-order chi connectivity index (χ1) is 19.5. The number of Topliss-reactive ketones (excluding diaryl/α,β-unsaturated/α-hetero) is 1.